The van der Waals surface area contributed by atoms with Gasteiger partial charge in [-0.15, -0.1) is 0 Å². The smallest absolute Gasteiger partial charge is 0.340 e. The summed E-state index contributed by atoms with van der Waals surface area (Å²) in [7, 11) is 0. The molecule has 5 nitrogen and oxygen atoms in total. The van der Waals surface area contributed by atoms with Gasteiger partial charge in [0.25, 0.3) is 0 Å². The van der Waals surface area contributed by atoms with E-state index in [1.165, 1.54) is 0 Å². The zero-order valence-electron chi connectivity index (χ0n) is 12.0. The Hall–Kier alpha value is -2.74. The molecule has 2 aliphatic carbocycles. The monoisotopic (exact) mass is 284 g/mol. The first-order valence-corrected chi connectivity index (χ1v) is 6.69. The van der Waals surface area contributed by atoms with E-state index in [-0.39, 0.29) is 23.4 Å². The van der Waals surface area contributed by atoms with Crippen molar-refractivity contribution in [2.45, 2.75) is 13.8 Å². The highest BCUT2D eigenvalue weighted by Crippen LogP contribution is 2.43. The lowest BCUT2D eigenvalue weighted by Crippen LogP contribution is -2.07. The SMILES string of the molecule is CCOC(=O)c1c2ccccc(OCC)c-2c(C#N)c1N. The summed E-state index contributed by atoms with van der Waals surface area (Å²) < 4.78 is 10.6. The molecule has 21 heavy (non-hydrogen) atoms. The zero-order chi connectivity index (χ0) is 15.4. The van der Waals surface area contributed by atoms with Crippen LogP contribution in [-0.4, -0.2) is 19.2 Å². The number of rotatable bonds is 4. The fourth-order valence-electron chi connectivity index (χ4n) is 2.28. The molecule has 2 rings (SSSR count). The lowest BCUT2D eigenvalue weighted by molar-refractivity contribution is 0.0529. The summed E-state index contributed by atoms with van der Waals surface area (Å²) in [4.78, 5) is 12.1. The van der Waals surface area contributed by atoms with Gasteiger partial charge in [-0.25, -0.2) is 4.79 Å². The van der Waals surface area contributed by atoms with Gasteiger partial charge in [0.15, 0.2) is 0 Å². The van der Waals surface area contributed by atoms with Crippen LogP contribution in [0.2, 0.25) is 0 Å². The number of nitrogens with two attached hydrogens (primary N) is 1. The molecule has 0 atom stereocenters. The van der Waals surface area contributed by atoms with Gasteiger partial charge in [-0.05, 0) is 19.9 Å². The van der Waals surface area contributed by atoms with E-state index in [0.717, 1.165) is 0 Å². The van der Waals surface area contributed by atoms with Crippen molar-refractivity contribution in [3.8, 4) is 22.9 Å². The quantitative estimate of drug-likeness (QED) is 0.872. The molecular weight excluding hydrogens is 268 g/mol. The maximum atomic E-state index is 12.1. The van der Waals surface area contributed by atoms with Crippen LogP contribution in [0.15, 0.2) is 24.3 Å². The van der Waals surface area contributed by atoms with E-state index in [9.17, 15) is 10.1 Å². The van der Waals surface area contributed by atoms with Gasteiger partial charge in [-0.1, -0.05) is 18.2 Å². The number of esters is 1. The molecule has 0 fully saturated rings. The predicted molar refractivity (Wildman–Crippen MR) is 79.3 cm³/mol. The van der Waals surface area contributed by atoms with Crippen molar-refractivity contribution in [2.75, 3.05) is 18.9 Å². The molecule has 0 bridgehead atoms. The molecule has 0 saturated heterocycles. The van der Waals surface area contributed by atoms with Crippen molar-refractivity contribution in [1.29, 1.82) is 5.26 Å². The summed E-state index contributed by atoms with van der Waals surface area (Å²) in [6, 6.07) is 9.10. The predicted octanol–water partition coefficient (Wildman–Crippen LogP) is 2.82. The van der Waals surface area contributed by atoms with Crippen LogP contribution >= 0.6 is 0 Å². The first-order valence-electron chi connectivity index (χ1n) is 6.69. The first-order chi connectivity index (χ1) is 10.2. The van der Waals surface area contributed by atoms with Crippen molar-refractivity contribution in [2.24, 2.45) is 0 Å². The van der Waals surface area contributed by atoms with E-state index in [4.69, 9.17) is 15.2 Å². The number of carbonyl (C=O) groups excluding carboxylic acids is 1. The molecule has 0 heterocycles. The molecule has 0 aliphatic heterocycles. The maximum Gasteiger partial charge on any atom is 0.340 e. The largest absolute Gasteiger partial charge is 0.493 e. The molecule has 2 aliphatic rings. The lowest BCUT2D eigenvalue weighted by atomic mass is 10.1. The molecular formula is C16H16N2O3. The van der Waals surface area contributed by atoms with E-state index >= 15 is 0 Å². The van der Waals surface area contributed by atoms with Crippen LogP contribution in [0.25, 0.3) is 11.1 Å². The van der Waals surface area contributed by atoms with Crippen LogP contribution in [0.4, 0.5) is 5.69 Å². The van der Waals surface area contributed by atoms with Gasteiger partial charge >= 0.3 is 5.97 Å². The summed E-state index contributed by atoms with van der Waals surface area (Å²) in [6.07, 6.45) is 0. The molecule has 0 unspecified atom stereocenters. The number of hydrogen-bond acceptors (Lipinski definition) is 5. The summed E-state index contributed by atoms with van der Waals surface area (Å²) in [5, 5.41) is 9.38. The Morgan fingerprint density at radius 1 is 1.29 bits per heavy atom. The second kappa shape index (κ2) is 6.14. The Kier molecular flexibility index (Phi) is 4.29. The molecule has 2 N–H and O–H groups in total. The minimum absolute atomic E-state index is 0.137. The highest BCUT2D eigenvalue weighted by Gasteiger charge is 2.29. The van der Waals surface area contributed by atoms with Crippen molar-refractivity contribution in [1.82, 2.24) is 0 Å². The van der Waals surface area contributed by atoms with E-state index in [1.54, 1.807) is 31.2 Å². The molecule has 0 saturated carbocycles. The van der Waals surface area contributed by atoms with E-state index < -0.39 is 5.97 Å². The molecule has 0 amide bonds. The van der Waals surface area contributed by atoms with Crippen LogP contribution in [0.3, 0.4) is 0 Å². The standard InChI is InChI=1S/C16H16N2O3/c1-3-20-12-8-6-5-7-10-13(12)11(9-17)15(18)14(10)16(19)21-4-2/h5-8H,3-4,18H2,1-2H3. The van der Waals surface area contributed by atoms with Gasteiger partial charge in [-0.2, -0.15) is 5.26 Å². The Balaban J connectivity index is 2.77. The Morgan fingerprint density at radius 2 is 2.00 bits per heavy atom. The molecule has 0 spiro atoms. The van der Waals surface area contributed by atoms with Crippen LogP contribution < -0.4 is 10.5 Å². The van der Waals surface area contributed by atoms with Gasteiger partial charge < -0.3 is 15.2 Å². The van der Waals surface area contributed by atoms with Crippen LogP contribution in [-0.2, 0) is 4.74 Å². The normalized spacial score (nSPS) is 10.1. The van der Waals surface area contributed by atoms with E-state index in [1.807, 2.05) is 6.92 Å². The van der Waals surface area contributed by atoms with Gasteiger partial charge in [0.1, 0.15) is 11.8 Å². The van der Waals surface area contributed by atoms with Gasteiger partial charge in [0.05, 0.1) is 30.0 Å². The summed E-state index contributed by atoms with van der Waals surface area (Å²) in [5.74, 6) is -0.00792. The lowest BCUT2D eigenvalue weighted by Gasteiger charge is -2.06. The number of anilines is 1. The third kappa shape index (κ3) is 2.48. The number of fused-ring (bicyclic) bond motifs is 1. The Bertz CT molecular complexity index is 689. The number of hydrogen-bond donors (Lipinski definition) is 1. The Labute approximate surface area is 123 Å². The van der Waals surface area contributed by atoms with Gasteiger partial charge in [-0.3, -0.25) is 0 Å². The van der Waals surface area contributed by atoms with E-state index in [0.29, 0.717) is 23.5 Å². The topological polar surface area (TPSA) is 85.3 Å². The molecule has 108 valence electrons. The minimum atomic E-state index is -0.532. The second-order valence-electron chi connectivity index (χ2n) is 4.30. The zero-order valence-corrected chi connectivity index (χ0v) is 12.0. The molecule has 0 radical (unpaired) electrons. The van der Waals surface area contributed by atoms with Crippen molar-refractivity contribution in [3.63, 3.8) is 0 Å². The van der Waals surface area contributed by atoms with Crippen molar-refractivity contribution >= 4 is 11.7 Å². The Morgan fingerprint density at radius 3 is 2.62 bits per heavy atom. The van der Waals surface area contributed by atoms with Crippen LogP contribution in [0.5, 0.6) is 5.75 Å². The van der Waals surface area contributed by atoms with Gasteiger partial charge in [0, 0.05) is 11.1 Å². The summed E-state index contributed by atoms with van der Waals surface area (Å²) in [6.45, 7) is 4.26. The second-order valence-corrected chi connectivity index (χ2v) is 4.30. The highest BCUT2D eigenvalue weighted by molar-refractivity contribution is 6.08. The number of ether oxygens (including phenoxy) is 2. The van der Waals surface area contributed by atoms with Gasteiger partial charge in [0.2, 0.25) is 0 Å². The fourth-order valence-corrected chi connectivity index (χ4v) is 2.28. The molecule has 0 aromatic rings. The average Bonchev–Trinajstić information content (AvgIpc) is 2.59. The minimum Gasteiger partial charge on any atom is -0.493 e. The maximum absolute atomic E-state index is 12.1. The average molecular weight is 284 g/mol. The number of nitrogen functional groups attached to an aromatic ring is 1. The molecule has 0 aromatic heterocycles. The third-order valence-corrected chi connectivity index (χ3v) is 3.09. The molecule has 0 aromatic carbocycles. The summed E-state index contributed by atoms with van der Waals surface area (Å²) >= 11 is 0. The van der Waals surface area contributed by atoms with E-state index in [2.05, 4.69) is 6.07 Å². The van der Waals surface area contributed by atoms with Crippen molar-refractivity contribution < 1.29 is 14.3 Å². The van der Waals surface area contributed by atoms with Crippen LogP contribution in [0.1, 0.15) is 29.8 Å². The van der Waals surface area contributed by atoms with Crippen LogP contribution in [0, 0.1) is 11.3 Å². The van der Waals surface area contributed by atoms with Crippen molar-refractivity contribution in [3.05, 3.63) is 35.4 Å². The number of carbonyl (C=O) groups is 1. The molecule has 5 heteroatoms. The first kappa shape index (κ1) is 14.7. The number of nitrogens with zero attached hydrogens (tertiary/aromatic N) is 1. The fraction of sp³-hybridized carbons (Fsp3) is 0.250. The third-order valence-electron chi connectivity index (χ3n) is 3.09. The summed E-state index contributed by atoms with van der Waals surface area (Å²) in [5.41, 5.74) is 7.70. The number of nitriles is 1. The highest BCUT2D eigenvalue weighted by atomic mass is 16.5.